The highest BCUT2D eigenvalue weighted by atomic mass is 16.5. The number of nitrogens with zero attached hydrogens (tertiary/aromatic N) is 3. The van der Waals surface area contributed by atoms with Gasteiger partial charge in [-0.05, 0) is 12.1 Å². The average Bonchev–Trinajstić information content (AvgIpc) is 2.76. The lowest BCUT2D eigenvalue weighted by atomic mass is 10.2. The van der Waals surface area contributed by atoms with Gasteiger partial charge in [-0.1, -0.05) is 6.07 Å². The van der Waals surface area contributed by atoms with Crippen LogP contribution in [-0.4, -0.2) is 21.9 Å². The van der Waals surface area contributed by atoms with E-state index in [0.717, 1.165) is 24.3 Å². The third-order valence-electron chi connectivity index (χ3n) is 2.59. The van der Waals surface area contributed by atoms with Crippen LogP contribution >= 0.6 is 0 Å². The van der Waals surface area contributed by atoms with E-state index in [1.54, 1.807) is 19.5 Å². The fraction of sp³-hybridized carbons (Fsp3) is 0.333. The standard InChI is InChI=1S/C12H16N4O/c1-16-11(5-7-15-16)9-13-8-10-4-3-6-14-12(10)17-2/h3-7,13H,8-9H2,1-2H3. The Hall–Kier alpha value is -1.88. The van der Waals surface area contributed by atoms with Crippen molar-refractivity contribution in [2.24, 2.45) is 7.05 Å². The van der Waals surface area contributed by atoms with Gasteiger partial charge < -0.3 is 10.1 Å². The summed E-state index contributed by atoms with van der Waals surface area (Å²) >= 11 is 0. The molecule has 0 atom stereocenters. The molecule has 2 aromatic rings. The number of aromatic nitrogens is 3. The fourth-order valence-electron chi connectivity index (χ4n) is 1.64. The molecule has 0 amide bonds. The second-order valence-corrected chi connectivity index (χ2v) is 3.72. The van der Waals surface area contributed by atoms with Crippen LogP contribution in [-0.2, 0) is 20.1 Å². The average molecular weight is 232 g/mol. The van der Waals surface area contributed by atoms with Crippen molar-refractivity contribution in [2.45, 2.75) is 13.1 Å². The van der Waals surface area contributed by atoms with Crippen molar-refractivity contribution < 1.29 is 4.74 Å². The molecule has 0 saturated heterocycles. The summed E-state index contributed by atoms with van der Waals surface area (Å²) in [5, 5.41) is 7.45. The van der Waals surface area contributed by atoms with Gasteiger partial charge in [-0.25, -0.2) is 4.98 Å². The van der Waals surface area contributed by atoms with E-state index in [1.165, 1.54) is 0 Å². The van der Waals surface area contributed by atoms with Crippen LogP contribution in [0.2, 0.25) is 0 Å². The van der Waals surface area contributed by atoms with Crippen LogP contribution in [0, 0.1) is 0 Å². The van der Waals surface area contributed by atoms with Gasteiger partial charge in [0.2, 0.25) is 5.88 Å². The first-order chi connectivity index (χ1) is 8.31. The molecule has 0 bridgehead atoms. The maximum Gasteiger partial charge on any atom is 0.217 e. The zero-order chi connectivity index (χ0) is 12.1. The zero-order valence-corrected chi connectivity index (χ0v) is 10.1. The lowest BCUT2D eigenvalue weighted by Gasteiger charge is -2.08. The Bertz CT molecular complexity index is 481. The highest BCUT2D eigenvalue weighted by molar-refractivity contribution is 5.25. The third-order valence-corrected chi connectivity index (χ3v) is 2.59. The Labute approximate surface area is 100 Å². The van der Waals surface area contributed by atoms with E-state index in [-0.39, 0.29) is 0 Å². The van der Waals surface area contributed by atoms with E-state index in [0.29, 0.717) is 5.88 Å². The van der Waals surface area contributed by atoms with Crippen LogP contribution in [0.3, 0.4) is 0 Å². The van der Waals surface area contributed by atoms with Crippen molar-refractivity contribution in [1.82, 2.24) is 20.1 Å². The summed E-state index contributed by atoms with van der Waals surface area (Å²) in [6, 6.07) is 5.90. The monoisotopic (exact) mass is 232 g/mol. The molecule has 0 spiro atoms. The van der Waals surface area contributed by atoms with Gasteiger partial charge in [0.15, 0.2) is 0 Å². The molecule has 0 aliphatic rings. The van der Waals surface area contributed by atoms with Crippen molar-refractivity contribution in [1.29, 1.82) is 0 Å². The van der Waals surface area contributed by atoms with Gasteiger partial charge in [-0.15, -0.1) is 0 Å². The highest BCUT2D eigenvalue weighted by Crippen LogP contribution is 2.12. The van der Waals surface area contributed by atoms with E-state index < -0.39 is 0 Å². The van der Waals surface area contributed by atoms with E-state index >= 15 is 0 Å². The summed E-state index contributed by atoms with van der Waals surface area (Å²) in [4.78, 5) is 4.15. The molecular formula is C12H16N4O. The molecule has 0 unspecified atom stereocenters. The van der Waals surface area contributed by atoms with E-state index in [9.17, 15) is 0 Å². The number of methoxy groups -OCH3 is 1. The number of nitrogens with one attached hydrogen (secondary N) is 1. The Morgan fingerprint density at radius 3 is 2.88 bits per heavy atom. The predicted molar refractivity (Wildman–Crippen MR) is 64.5 cm³/mol. The molecule has 0 saturated carbocycles. The molecule has 2 aromatic heterocycles. The summed E-state index contributed by atoms with van der Waals surface area (Å²) in [6.07, 6.45) is 3.52. The van der Waals surface area contributed by atoms with Crippen molar-refractivity contribution in [3.8, 4) is 5.88 Å². The summed E-state index contributed by atoms with van der Waals surface area (Å²) < 4.78 is 7.04. The number of rotatable bonds is 5. The first kappa shape index (κ1) is 11.6. The number of hydrogen-bond donors (Lipinski definition) is 1. The normalized spacial score (nSPS) is 10.5. The Balaban J connectivity index is 1.92. The molecule has 0 fully saturated rings. The summed E-state index contributed by atoms with van der Waals surface area (Å²) in [5.41, 5.74) is 2.20. The van der Waals surface area contributed by atoms with Gasteiger partial charge in [0.25, 0.3) is 0 Å². The number of ether oxygens (including phenoxy) is 1. The second-order valence-electron chi connectivity index (χ2n) is 3.72. The number of hydrogen-bond acceptors (Lipinski definition) is 4. The van der Waals surface area contributed by atoms with Crippen LogP contribution in [0.25, 0.3) is 0 Å². The molecule has 0 aliphatic carbocycles. The van der Waals surface area contributed by atoms with Crippen molar-refractivity contribution in [3.63, 3.8) is 0 Å². The quantitative estimate of drug-likeness (QED) is 0.839. The lowest BCUT2D eigenvalue weighted by molar-refractivity contribution is 0.390. The largest absolute Gasteiger partial charge is 0.481 e. The zero-order valence-electron chi connectivity index (χ0n) is 10.1. The van der Waals surface area contributed by atoms with Crippen molar-refractivity contribution in [3.05, 3.63) is 41.9 Å². The third kappa shape index (κ3) is 2.82. The lowest BCUT2D eigenvalue weighted by Crippen LogP contribution is -2.16. The molecule has 0 aliphatic heterocycles. The van der Waals surface area contributed by atoms with E-state index in [1.807, 2.05) is 29.9 Å². The van der Waals surface area contributed by atoms with Crippen molar-refractivity contribution in [2.75, 3.05) is 7.11 Å². The Morgan fingerprint density at radius 1 is 1.29 bits per heavy atom. The molecule has 90 valence electrons. The van der Waals surface area contributed by atoms with Gasteiger partial charge in [0.05, 0.1) is 12.8 Å². The van der Waals surface area contributed by atoms with Crippen LogP contribution in [0.1, 0.15) is 11.3 Å². The molecule has 2 rings (SSSR count). The molecule has 2 heterocycles. The molecule has 0 aromatic carbocycles. The van der Waals surface area contributed by atoms with Crippen LogP contribution in [0.15, 0.2) is 30.6 Å². The van der Waals surface area contributed by atoms with Gasteiger partial charge in [0.1, 0.15) is 0 Å². The van der Waals surface area contributed by atoms with Crippen LogP contribution in [0.5, 0.6) is 5.88 Å². The minimum atomic E-state index is 0.671. The predicted octanol–water partition coefficient (Wildman–Crippen LogP) is 1.11. The van der Waals surface area contributed by atoms with Crippen LogP contribution < -0.4 is 10.1 Å². The van der Waals surface area contributed by atoms with Gasteiger partial charge >= 0.3 is 0 Å². The first-order valence-electron chi connectivity index (χ1n) is 5.46. The van der Waals surface area contributed by atoms with Gasteiger partial charge in [0, 0.05) is 38.1 Å². The minimum Gasteiger partial charge on any atom is -0.481 e. The number of aryl methyl sites for hydroxylation is 1. The molecular weight excluding hydrogens is 216 g/mol. The van der Waals surface area contributed by atoms with Gasteiger partial charge in [-0.3, -0.25) is 4.68 Å². The summed E-state index contributed by atoms with van der Waals surface area (Å²) in [5.74, 6) is 0.671. The fourth-order valence-corrected chi connectivity index (χ4v) is 1.64. The van der Waals surface area contributed by atoms with Crippen LogP contribution in [0.4, 0.5) is 0 Å². The summed E-state index contributed by atoms with van der Waals surface area (Å²) in [7, 11) is 3.56. The first-order valence-corrected chi connectivity index (χ1v) is 5.46. The van der Waals surface area contributed by atoms with Gasteiger partial charge in [-0.2, -0.15) is 5.10 Å². The molecule has 1 N–H and O–H groups in total. The van der Waals surface area contributed by atoms with Crippen molar-refractivity contribution >= 4 is 0 Å². The minimum absolute atomic E-state index is 0.671. The molecule has 5 nitrogen and oxygen atoms in total. The molecule has 5 heteroatoms. The van der Waals surface area contributed by atoms with E-state index in [4.69, 9.17) is 4.74 Å². The smallest absolute Gasteiger partial charge is 0.217 e. The highest BCUT2D eigenvalue weighted by Gasteiger charge is 2.03. The Morgan fingerprint density at radius 2 is 2.18 bits per heavy atom. The maximum atomic E-state index is 5.19. The number of pyridine rings is 1. The van der Waals surface area contributed by atoms with E-state index in [2.05, 4.69) is 15.4 Å². The summed E-state index contributed by atoms with van der Waals surface area (Å²) in [6.45, 7) is 1.50. The topological polar surface area (TPSA) is 52.0 Å². The maximum absolute atomic E-state index is 5.19. The molecule has 17 heavy (non-hydrogen) atoms. The SMILES string of the molecule is COc1ncccc1CNCc1ccnn1C. The molecule has 0 radical (unpaired) electrons. The Kier molecular flexibility index (Phi) is 3.72. The second kappa shape index (κ2) is 5.45.